The lowest BCUT2D eigenvalue weighted by atomic mass is 9.98. The molecule has 1 aliphatic rings. The molecule has 2 rings (SSSR count). The van der Waals surface area contributed by atoms with Crippen molar-refractivity contribution in [2.45, 2.75) is 44.1 Å². The van der Waals surface area contributed by atoms with Gasteiger partial charge >= 0.3 is 0 Å². The molecule has 118 valence electrons. The highest BCUT2D eigenvalue weighted by molar-refractivity contribution is 7.89. The molecule has 1 N–H and O–H groups in total. The minimum absolute atomic E-state index is 0.0114. The first-order valence-electron chi connectivity index (χ1n) is 7.38. The molecule has 0 aromatic heterocycles. The van der Waals surface area contributed by atoms with E-state index in [4.69, 9.17) is 5.11 Å². The largest absolute Gasteiger partial charge is 0.392 e. The number of halogens is 1. The number of benzene rings is 1. The van der Waals surface area contributed by atoms with Crippen LogP contribution >= 0.6 is 0 Å². The quantitative estimate of drug-likeness (QED) is 0.929. The molecule has 0 radical (unpaired) electrons. The fourth-order valence-corrected chi connectivity index (χ4v) is 4.31. The van der Waals surface area contributed by atoms with E-state index in [1.165, 1.54) is 16.4 Å². The van der Waals surface area contributed by atoms with Gasteiger partial charge in [-0.3, -0.25) is 0 Å². The van der Waals surface area contributed by atoms with E-state index in [9.17, 15) is 12.8 Å². The van der Waals surface area contributed by atoms with Crippen LogP contribution in [0, 0.1) is 11.7 Å². The average molecular weight is 315 g/mol. The first-order valence-corrected chi connectivity index (χ1v) is 8.82. The number of sulfonamides is 1. The number of aliphatic hydroxyl groups is 1. The molecule has 1 saturated heterocycles. The van der Waals surface area contributed by atoms with E-state index in [1.807, 2.05) is 0 Å². The van der Waals surface area contributed by atoms with Crippen molar-refractivity contribution in [3.63, 3.8) is 0 Å². The highest BCUT2D eigenvalue weighted by Crippen LogP contribution is 2.25. The Labute approximate surface area is 125 Å². The van der Waals surface area contributed by atoms with Crippen LogP contribution in [0.15, 0.2) is 23.1 Å². The molecule has 0 spiro atoms. The molecular weight excluding hydrogens is 293 g/mol. The van der Waals surface area contributed by atoms with E-state index in [1.54, 1.807) is 0 Å². The third kappa shape index (κ3) is 3.62. The third-order valence-electron chi connectivity index (χ3n) is 4.21. The predicted octanol–water partition coefficient (Wildman–Crippen LogP) is 2.52. The minimum atomic E-state index is -3.61. The maximum atomic E-state index is 13.4. The van der Waals surface area contributed by atoms with Crippen LogP contribution in [0.3, 0.4) is 0 Å². The van der Waals surface area contributed by atoms with Gasteiger partial charge in [-0.2, -0.15) is 4.31 Å². The Balaban J connectivity index is 2.25. The van der Waals surface area contributed by atoms with Gasteiger partial charge in [0.25, 0.3) is 0 Å². The van der Waals surface area contributed by atoms with Crippen LogP contribution in [0.1, 0.15) is 38.2 Å². The number of aliphatic hydroxyl groups excluding tert-OH is 1. The van der Waals surface area contributed by atoms with Gasteiger partial charge in [-0.1, -0.05) is 13.3 Å². The summed E-state index contributed by atoms with van der Waals surface area (Å²) in [6.45, 7) is 2.63. The number of nitrogens with zero attached hydrogens (tertiary/aromatic N) is 1. The Morgan fingerprint density at radius 2 is 2.10 bits per heavy atom. The molecule has 6 heteroatoms. The van der Waals surface area contributed by atoms with Gasteiger partial charge in [0.15, 0.2) is 0 Å². The molecule has 4 nitrogen and oxygen atoms in total. The van der Waals surface area contributed by atoms with Gasteiger partial charge in [-0.25, -0.2) is 12.8 Å². The van der Waals surface area contributed by atoms with Gasteiger partial charge in [-0.15, -0.1) is 0 Å². The lowest BCUT2D eigenvalue weighted by Gasteiger charge is -2.20. The Morgan fingerprint density at radius 3 is 2.76 bits per heavy atom. The zero-order valence-electron chi connectivity index (χ0n) is 12.3. The molecular formula is C15H22FNO3S. The van der Waals surface area contributed by atoms with Crippen LogP contribution in [0.2, 0.25) is 0 Å². The van der Waals surface area contributed by atoms with Crippen molar-refractivity contribution < 1.29 is 17.9 Å². The summed E-state index contributed by atoms with van der Waals surface area (Å²) in [5, 5.41) is 9.08. The average Bonchev–Trinajstić information content (AvgIpc) is 2.73. The van der Waals surface area contributed by atoms with E-state index in [0.29, 0.717) is 19.0 Å². The van der Waals surface area contributed by atoms with Gasteiger partial charge in [0.1, 0.15) is 5.82 Å². The molecule has 0 saturated carbocycles. The summed E-state index contributed by atoms with van der Waals surface area (Å²) in [5.41, 5.74) is 0.0114. The van der Waals surface area contributed by atoms with E-state index >= 15 is 0 Å². The fourth-order valence-electron chi connectivity index (χ4n) is 2.77. The van der Waals surface area contributed by atoms with Crippen LogP contribution in [-0.4, -0.2) is 30.9 Å². The second kappa shape index (κ2) is 6.85. The van der Waals surface area contributed by atoms with Crippen molar-refractivity contribution in [1.82, 2.24) is 4.31 Å². The second-order valence-electron chi connectivity index (χ2n) is 5.52. The molecule has 1 heterocycles. The predicted molar refractivity (Wildman–Crippen MR) is 78.7 cm³/mol. The second-order valence-corrected chi connectivity index (χ2v) is 7.46. The maximum Gasteiger partial charge on any atom is 0.243 e. The van der Waals surface area contributed by atoms with Crippen LogP contribution in [0.25, 0.3) is 0 Å². The third-order valence-corrected chi connectivity index (χ3v) is 6.10. The minimum Gasteiger partial charge on any atom is -0.392 e. The van der Waals surface area contributed by atoms with Crippen molar-refractivity contribution in [1.29, 1.82) is 0 Å². The van der Waals surface area contributed by atoms with E-state index < -0.39 is 22.4 Å². The van der Waals surface area contributed by atoms with Crippen LogP contribution in [-0.2, 0) is 16.6 Å². The normalized spacial score (nSPS) is 21.2. The molecule has 21 heavy (non-hydrogen) atoms. The van der Waals surface area contributed by atoms with Crippen molar-refractivity contribution >= 4 is 10.0 Å². The Kier molecular flexibility index (Phi) is 5.35. The molecule has 0 aliphatic carbocycles. The van der Waals surface area contributed by atoms with Crippen molar-refractivity contribution in [2.75, 3.05) is 13.1 Å². The lowest BCUT2D eigenvalue weighted by Crippen LogP contribution is -2.32. The fraction of sp³-hybridized carbons (Fsp3) is 0.600. The summed E-state index contributed by atoms with van der Waals surface area (Å²) in [6.07, 6.45) is 3.84. The first-order chi connectivity index (χ1) is 9.98. The highest BCUT2D eigenvalue weighted by Gasteiger charge is 2.27. The van der Waals surface area contributed by atoms with Crippen molar-refractivity contribution in [2.24, 2.45) is 5.92 Å². The highest BCUT2D eigenvalue weighted by atomic mass is 32.2. The monoisotopic (exact) mass is 315 g/mol. The molecule has 1 fully saturated rings. The Bertz CT molecular complexity index is 589. The van der Waals surface area contributed by atoms with Gasteiger partial charge in [0, 0.05) is 18.7 Å². The SMILES string of the molecule is CCC1CCCN(S(=O)(=O)c2ccc(F)c(CO)c2)CC1. The zero-order chi connectivity index (χ0) is 15.5. The summed E-state index contributed by atoms with van der Waals surface area (Å²) in [6, 6.07) is 3.60. The first kappa shape index (κ1) is 16.4. The van der Waals surface area contributed by atoms with Gasteiger partial charge in [0.2, 0.25) is 10.0 Å². The molecule has 0 bridgehead atoms. The smallest absolute Gasteiger partial charge is 0.243 e. The Hall–Kier alpha value is -0.980. The Morgan fingerprint density at radius 1 is 1.33 bits per heavy atom. The summed E-state index contributed by atoms with van der Waals surface area (Å²) in [5.74, 6) is -0.00946. The van der Waals surface area contributed by atoms with Crippen molar-refractivity contribution in [3.05, 3.63) is 29.6 Å². The summed E-state index contributed by atoms with van der Waals surface area (Å²) in [7, 11) is -3.61. The van der Waals surface area contributed by atoms with Gasteiger partial charge in [-0.05, 0) is 43.4 Å². The summed E-state index contributed by atoms with van der Waals surface area (Å²) < 4.78 is 40.1. The number of hydrogen-bond acceptors (Lipinski definition) is 3. The summed E-state index contributed by atoms with van der Waals surface area (Å²) >= 11 is 0. The van der Waals surface area contributed by atoms with Crippen LogP contribution in [0.4, 0.5) is 4.39 Å². The lowest BCUT2D eigenvalue weighted by molar-refractivity contribution is 0.275. The van der Waals surface area contributed by atoms with E-state index in [-0.39, 0.29) is 10.5 Å². The maximum absolute atomic E-state index is 13.4. The standard InChI is InChI=1S/C15H22FNO3S/c1-2-12-4-3-8-17(9-7-12)21(19,20)14-5-6-15(16)13(10-14)11-18/h5-6,10,12,18H,2-4,7-9,11H2,1H3. The number of rotatable bonds is 4. The zero-order valence-corrected chi connectivity index (χ0v) is 13.1. The van der Waals surface area contributed by atoms with Gasteiger partial charge < -0.3 is 5.11 Å². The molecule has 1 unspecified atom stereocenters. The molecule has 0 amide bonds. The molecule has 1 aliphatic heterocycles. The topological polar surface area (TPSA) is 57.6 Å². The van der Waals surface area contributed by atoms with Crippen molar-refractivity contribution in [3.8, 4) is 0 Å². The van der Waals surface area contributed by atoms with Gasteiger partial charge in [0.05, 0.1) is 11.5 Å². The van der Waals surface area contributed by atoms with Crippen LogP contribution < -0.4 is 0 Å². The molecule has 1 aromatic carbocycles. The van der Waals surface area contributed by atoms with E-state index in [2.05, 4.69) is 6.92 Å². The molecule has 1 atom stereocenters. The summed E-state index contributed by atoms with van der Waals surface area (Å²) in [4.78, 5) is 0.0582. The molecule has 1 aromatic rings. The van der Waals surface area contributed by atoms with Crippen LogP contribution in [0.5, 0.6) is 0 Å². The number of hydrogen-bond donors (Lipinski definition) is 1. The van der Waals surface area contributed by atoms with E-state index in [0.717, 1.165) is 31.7 Å².